The van der Waals surface area contributed by atoms with Gasteiger partial charge in [-0.25, -0.2) is 8.42 Å². The van der Waals surface area contributed by atoms with Gasteiger partial charge in [-0.1, -0.05) is 6.58 Å². The van der Waals surface area contributed by atoms with E-state index < -0.39 is 15.9 Å². The van der Waals surface area contributed by atoms with Crippen molar-refractivity contribution in [1.82, 2.24) is 0 Å². The fourth-order valence-corrected chi connectivity index (χ4v) is 1.02. The molecule has 0 saturated carbocycles. The average Bonchev–Trinajstić information content (AvgIpc) is 1.85. The van der Waals surface area contributed by atoms with E-state index in [1.54, 1.807) is 0 Å². The first-order chi connectivity index (χ1) is 4.95. The molecule has 0 saturated heterocycles. The fourth-order valence-electron chi connectivity index (χ4n) is 0.525. The van der Waals surface area contributed by atoms with E-state index >= 15 is 0 Å². The smallest absolute Gasteiger partial charge is 0.748 e. The Bertz CT molecular complexity index is 244. The van der Waals surface area contributed by atoms with Crippen molar-refractivity contribution in [1.29, 1.82) is 0 Å². The molecular formula is C6H9NaO4S. The molecule has 6 heteroatoms. The molecule has 0 amide bonds. The summed E-state index contributed by atoms with van der Waals surface area (Å²) in [4.78, 5) is 10.5. The Morgan fingerprint density at radius 2 is 2.00 bits per heavy atom. The molecular weight excluding hydrogens is 191 g/mol. The minimum absolute atomic E-state index is 0. The second-order valence-corrected chi connectivity index (χ2v) is 3.56. The molecule has 64 valence electrons. The minimum atomic E-state index is -4.16. The molecule has 0 aromatic heterocycles. The Labute approximate surface area is 94.1 Å². The van der Waals surface area contributed by atoms with Crippen LogP contribution in [0, 0.1) is 0 Å². The zero-order valence-electron chi connectivity index (χ0n) is 6.95. The molecule has 0 fully saturated rings. The molecule has 0 aliphatic carbocycles. The van der Waals surface area contributed by atoms with E-state index in [-0.39, 0.29) is 48.2 Å². The molecule has 0 N–H and O–H groups in total. The van der Waals surface area contributed by atoms with Crippen molar-refractivity contribution in [3.63, 3.8) is 0 Å². The van der Waals surface area contributed by atoms with Crippen molar-refractivity contribution in [2.75, 3.05) is 5.75 Å². The Balaban J connectivity index is 0. The molecule has 12 heavy (non-hydrogen) atoms. The summed E-state index contributed by atoms with van der Waals surface area (Å²) in [7, 11) is -4.16. The standard InChI is InChI=1S/C6H10O4S.Na/c1-2-6(7)4-3-5-11(8,9)10;/h2H,1,3-5H2,(H,8,9,10);/q;+1/p-1. The van der Waals surface area contributed by atoms with Crippen LogP contribution in [0.4, 0.5) is 0 Å². The van der Waals surface area contributed by atoms with Crippen molar-refractivity contribution >= 4 is 15.9 Å². The van der Waals surface area contributed by atoms with Crippen LogP contribution in [0.25, 0.3) is 0 Å². The molecule has 0 rings (SSSR count). The SMILES string of the molecule is C=CC(=O)CCCS(=O)(=O)[O-].[Na+]. The van der Waals surface area contributed by atoms with E-state index in [1.807, 2.05) is 0 Å². The largest absolute Gasteiger partial charge is 1.00 e. The number of hydrogen-bond acceptors (Lipinski definition) is 4. The summed E-state index contributed by atoms with van der Waals surface area (Å²) >= 11 is 0. The Morgan fingerprint density at radius 3 is 2.33 bits per heavy atom. The number of rotatable bonds is 5. The first kappa shape index (κ1) is 14.8. The van der Waals surface area contributed by atoms with Crippen LogP contribution in [0.3, 0.4) is 0 Å². The number of hydrogen-bond donors (Lipinski definition) is 0. The third-order valence-electron chi connectivity index (χ3n) is 1.05. The van der Waals surface area contributed by atoms with Gasteiger partial charge >= 0.3 is 29.6 Å². The van der Waals surface area contributed by atoms with Gasteiger partial charge in [-0.15, -0.1) is 0 Å². The van der Waals surface area contributed by atoms with E-state index in [9.17, 15) is 17.8 Å². The summed E-state index contributed by atoms with van der Waals surface area (Å²) in [6.45, 7) is 3.20. The summed E-state index contributed by atoms with van der Waals surface area (Å²) in [6.07, 6.45) is 1.26. The van der Waals surface area contributed by atoms with Crippen LogP contribution < -0.4 is 29.6 Å². The van der Waals surface area contributed by atoms with Crippen molar-refractivity contribution in [2.45, 2.75) is 12.8 Å². The molecule has 0 radical (unpaired) electrons. The number of carbonyl (C=O) groups excluding carboxylic acids is 1. The van der Waals surface area contributed by atoms with E-state index in [4.69, 9.17) is 0 Å². The van der Waals surface area contributed by atoms with Crippen LogP contribution in [-0.2, 0) is 14.9 Å². The average molecular weight is 200 g/mol. The van der Waals surface area contributed by atoms with Gasteiger partial charge in [0.05, 0.1) is 10.1 Å². The van der Waals surface area contributed by atoms with Gasteiger partial charge in [0.2, 0.25) is 0 Å². The summed E-state index contributed by atoms with van der Waals surface area (Å²) in [5.74, 6) is -0.722. The molecule has 0 spiro atoms. The Kier molecular flexibility index (Phi) is 8.39. The Hall–Kier alpha value is 0.320. The van der Waals surface area contributed by atoms with Crippen LogP contribution >= 0.6 is 0 Å². The van der Waals surface area contributed by atoms with Gasteiger partial charge in [-0.05, 0) is 12.5 Å². The quantitative estimate of drug-likeness (QED) is 0.270. The zero-order valence-corrected chi connectivity index (χ0v) is 9.76. The maximum atomic E-state index is 10.5. The molecule has 0 aromatic carbocycles. The van der Waals surface area contributed by atoms with Gasteiger partial charge in [0, 0.05) is 12.2 Å². The molecule has 0 aliphatic heterocycles. The molecule has 0 heterocycles. The monoisotopic (exact) mass is 200 g/mol. The van der Waals surface area contributed by atoms with E-state index in [0.29, 0.717) is 0 Å². The predicted molar refractivity (Wildman–Crippen MR) is 39.0 cm³/mol. The summed E-state index contributed by atoms with van der Waals surface area (Å²) < 4.78 is 30.0. The second kappa shape index (κ2) is 6.80. The number of allylic oxidation sites excluding steroid dienone is 1. The molecule has 0 unspecified atom stereocenters. The van der Waals surface area contributed by atoms with Crippen molar-refractivity contribution in [3.8, 4) is 0 Å². The number of ketones is 1. The van der Waals surface area contributed by atoms with Crippen LogP contribution in [0.2, 0.25) is 0 Å². The van der Waals surface area contributed by atoms with Gasteiger partial charge in [-0.3, -0.25) is 4.79 Å². The predicted octanol–water partition coefficient (Wildman–Crippen LogP) is -2.93. The summed E-state index contributed by atoms with van der Waals surface area (Å²) in [5, 5.41) is 0. The van der Waals surface area contributed by atoms with E-state index in [1.165, 1.54) is 0 Å². The third kappa shape index (κ3) is 10.3. The first-order valence-electron chi connectivity index (χ1n) is 3.04. The zero-order chi connectivity index (χ0) is 8.91. The first-order valence-corrected chi connectivity index (χ1v) is 4.62. The maximum Gasteiger partial charge on any atom is 1.00 e. The van der Waals surface area contributed by atoms with Crippen LogP contribution in [0.1, 0.15) is 12.8 Å². The molecule has 0 bridgehead atoms. The topological polar surface area (TPSA) is 74.3 Å². The van der Waals surface area contributed by atoms with E-state index in [2.05, 4.69) is 6.58 Å². The number of carbonyl (C=O) groups is 1. The van der Waals surface area contributed by atoms with Crippen molar-refractivity contribution in [2.24, 2.45) is 0 Å². The maximum absolute atomic E-state index is 10.5. The third-order valence-corrected chi connectivity index (χ3v) is 1.83. The van der Waals surface area contributed by atoms with Crippen LogP contribution in [0.15, 0.2) is 12.7 Å². The van der Waals surface area contributed by atoms with Crippen molar-refractivity contribution in [3.05, 3.63) is 12.7 Å². The second-order valence-electron chi connectivity index (χ2n) is 2.04. The van der Waals surface area contributed by atoms with Gasteiger partial charge in [0.1, 0.15) is 0 Å². The fraction of sp³-hybridized carbons (Fsp3) is 0.500. The normalized spacial score (nSPS) is 10.1. The van der Waals surface area contributed by atoms with Crippen LogP contribution in [0.5, 0.6) is 0 Å². The van der Waals surface area contributed by atoms with E-state index in [0.717, 1.165) is 6.08 Å². The van der Waals surface area contributed by atoms with Gasteiger partial charge in [-0.2, -0.15) is 0 Å². The minimum Gasteiger partial charge on any atom is -0.748 e. The summed E-state index contributed by atoms with van der Waals surface area (Å²) in [5.41, 5.74) is 0. The van der Waals surface area contributed by atoms with Gasteiger partial charge < -0.3 is 4.55 Å². The summed E-state index contributed by atoms with van der Waals surface area (Å²) in [6, 6.07) is 0. The Morgan fingerprint density at radius 1 is 1.50 bits per heavy atom. The molecule has 0 atom stereocenters. The van der Waals surface area contributed by atoms with Gasteiger partial charge in [0.25, 0.3) is 0 Å². The molecule has 0 aromatic rings. The molecule has 0 aliphatic rings. The van der Waals surface area contributed by atoms with Crippen molar-refractivity contribution < 1.29 is 47.3 Å². The van der Waals surface area contributed by atoms with Crippen LogP contribution in [-0.4, -0.2) is 24.5 Å². The molecule has 4 nitrogen and oxygen atoms in total. The van der Waals surface area contributed by atoms with Gasteiger partial charge in [0.15, 0.2) is 5.78 Å².